The summed E-state index contributed by atoms with van der Waals surface area (Å²) in [6.07, 6.45) is 3.76. The van der Waals surface area contributed by atoms with Crippen molar-refractivity contribution in [2.75, 3.05) is 18.4 Å². The molecule has 5 nitrogen and oxygen atoms in total. The van der Waals surface area contributed by atoms with Crippen LogP contribution in [0, 0.1) is 0 Å². The molecule has 0 spiro atoms. The highest BCUT2D eigenvalue weighted by atomic mass is 32.2. The number of rotatable bonds is 5. The third kappa shape index (κ3) is 4.14. The quantitative estimate of drug-likeness (QED) is 0.871. The van der Waals surface area contributed by atoms with Gasteiger partial charge in [-0.1, -0.05) is 31.5 Å². The molecule has 0 unspecified atom stereocenters. The minimum Gasteiger partial charge on any atom is -0.322 e. The van der Waals surface area contributed by atoms with Crippen molar-refractivity contribution in [3.63, 3.8) is 0 Å². The number of benzene rings is 2. The lowest BCUT2D eigenvalue weighted by molar-refractivity contribution is 0.102. The fourth-order valence-corrected chi connectivity index (χ4v) is 4.64. The maximum absolute atomic E-state index is 12.8. The van der Waals surface area contributed by atoms with Crippen molar-refractivity contribution >= 4 is 21.6 Å². The first-order valence-electron chi connectivity index (χ1n) is 9.01. The molecule has 0 aliphatic carbocycles. The van der Waals surface area contributed by atoms with Crippen molar-refractivity contribution in [2.24, 2.45) is 0 Å². The fourth-order valence-electron chi connectivity index (χ4n) is 3.08. The van der Waals surface area contributed by atoms with Gasteiger partial charge in [-0.15, -0.1) is 0 Å². The number of sulfonamides is 1. The summed E-state index contributed by atoms with van der Waals surface area (Å²) in [5.74, 6) is -0.315. The molecule has 1 saturated heterocycles. The van der Waals surface area contributed by atoms with E-state index in [4.69, 9.17) is 0 Å². The third-order valence-corrected chi connectivity index (χ3v) is 6.56. The smallest absolute Gasteiger partial charge is 0.255 e. The van der Waals surface area contributed by atoms with Crippen LogP contribution in [-0.2, 0) is 16.4 Å². The number of amides is 1. The van der Waals surface area contributed by atoms with Crippen molar-refractivity contribution < 1.29 is 13.2 Å². The summed E-state index contributed by atoms with van der Waals surface area (Å²) in [4.78, 5) is 12.7. The SMILES string of the molecule is CCc1ccc(NC(=O)c2cccc(S(=O)(=O)N3CCCCC3)c2)cc1. The minimum absolute atomic E-state index is 0.174. The van der Waals surface area contributed by atoms with Crippen LogP contribution in [0.3, 0.4) is 0 Å². The number of anilines is 1. The highest BCUT2D eigenvalue weighted by Crippen LogP contribution is 2.22. The predicted octanol–water partition coefficient (Wildman–Crippen LogP) is 3.68. The van der Waals surface area contributed by atoms with E-state index < -0.39 is 10.0 Å². The number of carbonyl (C=O) groups is 1. The van der Waals surface area contributed by atoms with Gasteiger partial charge in [0.25, 0.3) is 5.91 Å². The molecular formula is C20H24N2O3S. The van der Waals surface area contributed by atoms with E-state index in [1.807, 2.05) is 24.3 Å². The Bertz CT molecular complexity index is 870. The van der Waals surface area contributed by atoms with Crippen LogP contribution in [0.2, 0.25) is 0 Å². The molecule has 0 bridgehead atoms. The van der Waals surface area contributed by atoms with Crippen molar-refractivity contribution in [3.05, 3.63) is 59.7 Å². The zero-order chi connectivity index (χ0) is 18.6. The summed E-state index contributed by atoms with van der Waals surface area (Å²) in [7, 11) is -3.55. The first kappa shape index (κ1) is 18.6. The lowest BCUT2D eigenvalue weighted by Gasteiger charge is -2.26. The first-order chi connectivity index (χ1) is 12.5. The molecule has 1 aliphatic rings. The Balaban J connectivity index is 1.78. The maximum Gasteiger partial charge on any atom is 0.255 e. The summed E-state index contributed by atoms with van der Waals surface area (Å²) in [6, 6.07) is 13.9. The second-order valence-corrected chi connectivity index (χ2v) is 8.44. The van der Waals surface area contributed by atoms with Gasteiger partial charge in [0.05, 0.1) is 4.90 Å². The van der Waals surface area contributed by atoms with Crippen LogP contribution in [0.25, 0.3) is 0 Å². The Morgan fingerprint density at radius 3 is 2.38 bits per heavy atom. The van der Waals surface area contributed by atoms with Gasteiger partial charge in [-0.2, -0.15) is 4.31 Å². The fraction of sp³-hybridized carbons (Fsp3) is 0.350. The Morgan fingerprint density at radius 2 is 1.73 bits per heavy atom. The summed E-state index contributed by atoms with van der Waals surface area (Å²) in [5, 5.41) is 2.82. The van der Waals surface area contributed by atoms with E-state index in [0.29, 0.717) is 24.3 Å². The topological polar surface area (TPSA) is 66.5 Å². The number of hydrogen-bond acceptors (Lipinski definition) is 3. The lowest BCUT2D eigenvalue weighted by atomic mass is 10.1. The number of aryl methyl sites for hydroxylation is 1. The van der Waals surface area contributed by atoms with Gasteiger partial charge < -0.3 is 5.32 Å². The molecule has 1 heterocycles. The molecular weight excluding hydrogens is 348 g/mol. The van der Waals surface area contributed by atoms with E-state index in [9.17, 15) is 13.2 Å². The standard InChI is InChI=1S/C20H24N2O3S/c1-2-16-9-11-18(12-10-16)21-20(23)17-7-6-8-19(15-17)26(24,25)22-13-4-3-5-14-22/h6-12,15H,2-5,13-14H2,1H3,(H,21,23). The number of nitrogens with zero attached hydrogens (tertiary/aromatic N) is 1. The zero-order valence-electron chi connectivity index (χ0n) is 14.9. The van der Waals surface area contributed by atoms with Crippen molar-refractivity contribution in [1.29, 1.82) is 0 Å². The molecule has 2 aromatic rings. The van der Waals surface area contributed by atoms with Gasteiger partial charge in [0, 0.05) is 24.3 Å². The molecule has 26 heavy (non-hydrogen) atoms. The van der Waals surface area contributed by atoms with Crippen molar-refractivity contribution in [2.45, 2.75) is 37.5 Å². The van der Waals surface area contributed by atoms with E-state index in [-0.39, 0.29) is 10.8 Å². The monoisotopic (exact) mass is 372 g/mol. The van der Waals surface area contributed by atoms with E-state index in [2.05, 4.69) is 12.2 Å². The van der Waals surface area contributed by atoms with E-state index in [0.717, 1.165) is 25.7 Å². The maximum atomic E-state index is 12.8. The average Bonchev–Trinajstić information content (AvgIpc) is 2.69. The van der Waals surface area contributed by atoms with Crippen LogP contribution in [-0.4, -0.2) is 31.7 Å². The van der Waals surface area contributed by atoms with E-state index in [1.54, 1.807) is 18.2 Å². The zero-order valence-corrected chi connectivity index (χ0v) is 15.8. The lowest BCUT2D eigenvalue weighted by Crippen LogP contribution is -2.35. The molecule has 1 amide bonds. The molecule has 6 heteroatoms. The molecule has 2 aromatic carbocycles. The Labute approximate surface area is 155 Å². The molecule has 0 radical (unpaired) electrons. The van der Waals surface area contributed by atoms with Gasteiger partial charge >= 0.3 is 0 Å². The summed E-state index contributed by atoms with van der Waals surface area (Å²) < 4.78 is 27.1. The van der Waals surface area contributed by atoms with Crippen molar-refractivity contribution in [1.82, 2.24) is 4.31 Å². The average molecular weight is 372 g/mol. The van der Waals surface area contributed by atoms with Gasteiger partial charge in [-0.25, -0.2) is 8.42 Å². The molecule has 3 rings (SSSR count). The van der Waals surface area contributed by atoms with E-state index in [1.165, 1.54) is 15.9 Å². The minimum atomic E-state index is -3.55. The molecule has 0 aromatic heterocycles. The Morgan fingerprint density at radius 1 is 1.04 bits per heavy atom. The Hall–Kier alpha value is -2.18. The number of carbonyl (C=O) groups excluding carboxylic acids is 1. The highest BCUT2D eigenvalue weighted by Gasteiger charge is 2.26. The van der Waals surface area contributed by atoms with Crippen LogP contribution in [0.4, 0.5) is 5.69 Å². The number of piperidine rings is 1. The largest absolute Gasteiger partial charge is 0.322 e. The molecule has 0 saturated carbocycles. The van der Waals surface area contributed by atoms with Crippen LogP contribution in [0.15, 0.2) is 53.4 Å². The summed E-state index contributed by atoms with van der Waals surface area (Å²) in [6.45, 7) is 3.16. The van der Waals surface area contributed by atoms with Crippen molar-refractivity contribution in [3.8, 4) is 0 Å². The van der Waals surface area contributed by atoms with Gasteiger partial charge in [-0.3, -0.25) is 4.79 Å². The normalized spacial score (nSPS) is 15.6. The third-order valence-electron chi connectivity index (χ3n) is 4.67. The first-order valence-corrected chi connectivity index (χ1v) is 10.5. The van der Waals surface area contributed by atoms with Gasteiger partial charge in [0.1, 0.15) is 0 Å². The molecule has 1 aliphatic heterocycles. The summed E-state index contributed by atoms with van der Waals surface area (Å²) >= 11 is 0. The number of hydrogen-bond donors (Lipinski definition) is 1. The molecule has 1 N–H and O–H groups in total. The second-order valence-electron chi connectivity index (χ2n) is 6.50. The van der Waals surface area contributed by atoms with Gasteiger partial charge in [0.15, 0.2) is 0 Å². The van der Waals surface area contributed by atoms with Crippen LogP contribution >= 0.6 is 0 Å². The number of nitrogens with one attached hydrogen (secondary N) is 1. The van der Waals surface area contributed by atoms with Gasteiger partial charge in [0.2, 0.25) is 10.0 Å². The van der Waals surface area contributed by atoms with Gasteiger partial charge in [-0.05, 0) is 55.2 Å². The molecule has 138 valence electrons. The predicted molar refractivity (Wildman–Crippen MR) is 103 cm³/mol. The molecule has 1 fully saturated rings. The Kier molecular flexibility index (Phi) is 5.74. The highest BCUT2D eigenvalue weighted by molar-refractivity contribution is 7.89. The second kappa shape index (κ2) is 8.01. The molecule has 0 atom stereocenters. The summed E-state index contributed by atoms with van der Waals surface area (Å²) in [5.41, 5.74) is 2.22. The van der Waals surface area contributed by atoms with Crippen LogP contribution in [0.1, 0.15) is 42.1 Å². The van der Waals surface area contributed by atoms with Crippen LogP contribution < -0.4 is 5.32 Å². The van der Waals surface area contributed by atoms with E-state index >= 15 is 0 Å². The van der Waals surface area contributed by atoms with Crippen LogP contribution in [0.5, 0.6) is 0 Å².